The van der Waals surface area contributed by atoms with Gasteiger partial charge in [0.05, 0.1) is 11.3 Å². The highest BCUT2D eigenvalue weighted by Gasteiger charge is 2.36. The molecule has 0 bridgehead atoms. The van der Waals surface area contributed by atoms with Crippen molar-refractivity contribution in [1.82, 2.24) is 9.78 Å². The van der Waals surface area contributed by atoms with Gasteiger partial charge in [-0.05, 0) is 30.3 Å². The molecule has 0 fully saturated rings. The Hall–Kier alpha value is -3.30. The Morgan fingerprint density at radius 1 is 1.00 bits per heavy atom. The van der Waals surface area contributed by atoms with E-state index in [-0.39, 0.29) is 5.69 Å². The predicted octanol–water partition coefficient (Wildman–Crippen LogP) is 4.78. The van der Waals surface area contributed by atoms with Crippen molar-refractivity contribution in [3.63, 3.8) is 0 Å². The Morgan fingerprint density at radius 2 is 1.57 bits per heavy atom. The molecule has 1 amide bonds. The number of hydrogen-bond donors (Lipinski definition) is 1. The zero-order chi connectivity index (χ0) is 20.6. The number of carbonyl (C=O) groups is 1. The average Bonchev–Trinajstić information content (AvgIpc) is 2.99. The number of rotatable bonds is 3. The smallest absolute Gasteiger partial charge is 0.316 e. The summed E-state index contributed by atoms with van der Waals surface area (Å²) in [5.41, 5.74) is -3.55. The lowest BCUT2D eigenvalue weighted by atomic mass is 10.0. The van der Waals surface area contributed by atoms with Gasteiger partial charge in [0, 0.05) is 12.6 Å². The van der Waals surface area contributed by atoms with E-state index < -0.39 is 52.0 Å². The van der Waals surface area contributed by atoms with Crippen molar-refractivity contribution in [3.05, 3.63) is 71.2 Å². The minimum atomic E-state index is -4.85. The molecule has 0 atom stereocenters. The van der Waals surface area contributed by atoms with Crippen molar-refractivity contribution in [2.24, 2.45) is 7.05 Å². The molecule has 0 unspecified atom stereocenters. The Balaban J connectivity index is 2.03. The molecule has 0 aliphatic carbocycles. The van der Waals surface area contributed by atoms with Crippen molar-refractivity contribution in [2.45, 2.75) is 6.18 Å². The number of nitrogens with zero attached hydrogens (tertiary/aromatic N) is 2. The molecule has 0 spiro atoms. The molecule has 2 aromatic carbocycles. The van der Waals surface area contributed by atoms with Crippen LogP contribution in [0.3, 0.4) is 0 Å². The van der Waals surface area contributed by atoms with E-state index in [2.05, 4.69) is 5.10 Å². The van der Waals surface area contributed by atoms with Crippen molar-refractivity contribution in [2.75, 3.05) is 5.32 Å². The van der Waals surface area contributed by atoms with Crippen LogP contribution >= 0.6 is 0 Å². The fourth-order valence-electron chi connectivity index (χ4n) is 2.63. The lowest BCUT2D eigenvalue weighted by Crippen LogP contribution is -2.15. The summed E-state index contributed by atoms with van der Waals surface area (Å²) in [6.45, 7) is 0. The van der Waals surface area contributed by atoms with Crippen LogP contribution in [-0.2, 0) is 13.2 Å². The van der Waals surface area contributed by atoms with E-state index >= 15 is 0 Å². The van der Waals surface area contributed by atoms with Crippen LogP contribution in [0.1, 0.15) is 16.1 Å². The standard InChI is InChI=1S/C18H11F6N3O/c1-27-14(15-9(18(22,23)24)4-2-5-10(15)19)8-13(26-27)17(28)25-16-11(20)6-3-7-12(16)21/h2-8H,1H3,(H,25,28). The van der Waals surface area contributed by atoms with Gasteiger partial charge in [-0.15, -0.1) is 0 Å². The first kappa shape index (κ1) is 19.5. The summed E-state index contributed by atoms with van der Waals surface area (Å²) in [4.78, 5) is 12.2. The van der Waals surface area contributed by atoms with Crippen LogP contribution < -0.4 is 5.32 Å². The summed E-state index contributed by atoms with van der Waals surface area (Å²) in [5.74, 6) is -4.32. The van der Waals surface area contributed by atoms with Crippen molar-refractivity contribution in [3.8, 4) is 11.3 Å². The molecule has 0 saturated carbocycles. The van der Waals surface area contributed by atoms with Gasteiger partial charge in [-0.1, -0.05) is 12.1 Å². The number of halogens is 6. The molecule has 4 nitrogen and oxygen atoms in total. The van der Waals surface area contributed by atoms with E-state index in [1.54, 1.807) is 0 Å². The van der Waals surface area contributed by atoms with Gasteiger partial charge in [0.15, 0.2) is 5.69 Å². The SMILES string of the molecule is Cn1nc(C(=O)Nc2c(F)cccc2F)cc1-c1c(F)cccc1C(F)(F)F. The highest BCUT2D eigenvalue weighted by atomic mass is 19.4. The summed E-state index contributed by atoms with van der Waals surface area (Å²) >= 11 is 0. The highest BCUT2D eigenvalue weighted by molar-refractivity contribution is 6.03. The van der Waals surface area contributed by atoms with Crippen LogP contribution in [0.15, 0.2) is 42.5 Å². The van der Waals surface area contributed by atoms with Gasteiger partial charge in [-0.3, -0.25) is 9.48 Å². The molecular formula is C18H11F6N3O. The second-order valence-corrected chi connectivity index (χ2v) is 5.75. The summed E-state index contributed by atoms with van der Waals surface area (Å²) in [6.07, 6.45) is -4.85. The van der Waals surface area contributed by atoms with Gasteiger partial charge in [-0.2, -0.15) is 18.3 Å². The number of para-hydroxylation sites is 1. The third-order valence-corrected chi connectivity index (χ3v) is 3.89. The van der Waals surface area contributed by atoms with Gasteiger partial charge in [0.25, 0.3) is 5.91 Å². The van der Waals surface area contributed by atoms with Gasteiger partial charge in [0.1, 0.15) is 23.1 Å². The average molecular weight is 399 g/mol. The summed E-state index contributed by atoms with van der Waals surface area (Å²) in [7, 11) is 1.21. The van der Waals surface area contributed by atoms with Crippen molar-refractivity contribution >= 4 is 11.6 Å². The van der Waals surface area contributed by atoms with Gasteiger partial charge >= 0.3 is 6.18 Å². The maximum absolute atomic E-state index is 14.2. The fourth-order valence-corrected chi connectivity index (χ4v) is 2.63. The Labute approximate surface area is 154 Å². The maximum atomic E-state index is 14.2. The second kappa shape index (κ2) is 7.02. The zero-order valence-corrected chi connectivity index (χ0v) is 14.1. The molecule has 146 valence electrons. The van der Waals surface area contributed by atoms with E-state index in [0.717, 1.165) is 41.1 Å². The Kier molecular flexibility index (Phi) is 4.88. The number of nitrogens with one attached hydrogen (secondary N) is 1. The van der Waals surface area contributed by atoms with E-state index in [9.17, 15) is 31.1 Å². The Bertz CT molecular complexity index is 1040. The zero-order valence-electron chi connectivity index (χ0n) is 14.1. The van der Waals surface area contributed by atoms with E-state index in [1.165, 1.54) is 7.05 Å². The first-order valence-electron chi connectivity index (χ1n) is 7.75. The monoisotopic (exact) mass is 399 g/mol. The van der Waals surface area contributed by atoms with Crippen LogP contribution in [0.4, 0.5) is 32.0 Å². The molecule has 10 heteroatoms. The topological polar surface area (TPSA) is 46.9 Å². The fraction of sp³-hybridized carbons (Fsp3) is 0.111. The lowest BCUT2D eigenvalue weighted by molar-refractivity contribution is -0.137. The van der Waals surface area contributed by atoms with Gasteiger partial charge in [-0.25, -0.2) is 13.2 Å². The quantitative estimate of drug-likeness (QED) is 0.645. The number of hydrogen-bond acceptors (Lipinski definition) is 2. The molecule has 1 heterocycles. The van der Waals surface area contributed by atoms with Gasteiger partial charge in [0.2, 0.25) is 0 Å². The van der Waals surface area contributed by atoms with Crippen LogP contribution in [0, 0.1) is 17.5 Å². The van der Waals surface area contributed by atoms with E-state index in [1.807, 2.05) is 5.32 Å². The largest absolute Gasteiger partial charge is 0.417 e. The molecule has 1 N–H and O–H groups in total. The van der Waals surface area contributed by atoms with E-state index in [4.69, 9.17) is 0 Å². The minimum Gasteiger partial charge on any atom is -0.316 e. The molecule has 3 rings (SSSR count). The van der Waals surface area contributed by atoms with Crippen molar-refractivity contribution in [1.29, 1.82) is 0 Å². The van der Waals surface area contributed by atoms with E-state index in [0.29, 0.717) is 6.07 Å². The third kappa shape index (κ3) is 3.57. The first-order valence-corrected chi connectivity index (χ1v) is 7.75. The molecule has 1 aromatic heterocycles. The summed E-state index contributed by atoms with van der Waals surface area (Å²) < 4.78 is 82.0. The number of aryl methyl sites for hydroxylation is 1. The normalized spacial score (nSPS) is 11.5. The molecule has 0 aliphatic heterocycles. The number of amides is 1. The van der Waals surface area contributed by atoms with Crippen LogP contribution in [-0.4, -0.2) is 15.7 Å². The number of anilines is 1. The van der Waals surface area contributed by atoms with Crippen LogP contribution in [0.5, 0.6) is 0 Å². The van der Waals surface area contributed by atoms with Gasteiger partial charge < -0.3 is 5.32 Å². The molecule has 3 aromatic rings. The second-order valence-electron chi connectivity index (χ2n) is 5.75. The summed E-state index contributed by atoms with van der Waals surface area (Å²) in [5, 5.41) is 5.70. The van der Waals surface area contributed by atoms with Crippen molar-refractivity contribution < 1.29 is 31.1 Å². The highest BCUT2D eigenvalue weighted by Crippen LogP contribution is 2.38. The molecule has 0 aliphatic rings. The Morgan fingerprint density at radius 3 is 2.18 bits per heavy atom. The lowest BCUT2D eigenvalue weighted by Gasteiger charge is -2.13. The minimum absolute atomic E-state index is 0.329. The molecular weight excluding hydrogens is 388 g/mol. The number of alkyl halides is 3. The first-order chi connectivity index (χ1) is 13.1. The molecule has 0 radical (unpaired) electrons. The number of benzene rings is 2. The van der Waals surface area contributed by atoms with Crippen LogP contribution in [0.25, 0.3) is 11.3 Å². The molecule has 28 heavy (non-hydrogen) atoms. The third-order valence-electron chi connectivity index (χ3n) is 3.89. The van der Waals surface area contributed by atoms with Crippen LogP contribution in [0.2, 0.25) is 0 Å². The molecule has 0 saturated heterocycles. The number of aromatic nitrogens is 2. The number of carbonyl (C=O) groups excluding carboxylic acids is 1. The predicted molar refractivity (Wildman–Crippen MR) is 87.9 cm³/mol. The summed E-state index contributed by atoms with van der Waals surface area (Å²) in [6, 6.07) is 6.27. The maximum Gasteiger partial charge on any atom is 0.417 e.